The Kier molecular flexibility index (Phi) is 11.8. The van der Waals surface area contributed by atoms with Crippen LogP contribution < -0.4 is 21.7 Å². The molecule has 0 spiro atoms. The number of nitrogens with zero attached hydrogens (tertiary/aromatic N) is 7. The molecule has 7 N–H and O–H groups in total. The highest BCUT2D eigenvalue weighted by Crippen LogP contribution is 2.41. The number of aromatic nitrogens is 4. The average molecular weight is 776 g/mol. The Balaban J connectivity index is 1.32. The Morgan fingerprint density at radius 3 is 2.43 bits per heavy atom. The zero-order chi connectivity index (χ0) is 38.6. The van der Waals surface area contributed by atoms with Gasteiger partial charge >= 0.3 is 35.9 Å². The number of nitrogens with two attached hydrogens (primary N) is 1. The summed E-state index contributed by atoms with van der Waals surface area (Å²) in [4.78, 5) is 104. The van der Waals surface area contributed by atoms with Crippen molar-refractivity contribution < 1.29 is 53.3 Å². The summed E-state index contributed by atoms with van der Waals surface area (Å²) in [5, 5.41) is 37.1. The van der Waals surface area contributed by atoms with Gasteiger partial charge in [-0.15, -0.1) is 16.9 Å². The van der Waals surface area contributed by atoms with Crippen molar-refractivity contribution in [1.29, 1.82) is 0 Å². The van der Waals surface area contributed by atoms with Gasteiger partial charge in [0.05, 0.1) is 0 Å². The summed E-state index contributed by atoms with van der Waals surface area (Å²) in [5.41, 5.74) is 5.82. The minimum atomic E-state index is -1.55. The first-order chi connectivity index (χ1) is 25.2. The highest BCUT2D eigenvalue weighted by Gasteiger charge is 2.54. The molecule has 4 heterocycles. The van der Waals surface area contributed by atoms with Crippen LogP contribution >= 0.6 is 23.5 Å². The Morgan fingerprint density at radius 2 is 1.81 bits per heavy atom. The van der Waals surface area contributed by atoms with E-state index in [1.165, 1.54) is 57.4 Å². The quantitative estimate of drug-likeness (QED) is 0.0739. The molecule has 3 aliphatic rings. The van der Waals surface area contributed by atoms with E-state index >= 15 is 0 Å². The maximum atomic E-state index is 13.9. The molecule has 22 nitrogen and oxygen atoms in total. The third kappa shape index (κ3) is 8.33. The zero-order valence-corrected chi connectivity index (χ0v) is 29.6. The minimum absolute atomic E-state index is 0.0694. The van der Waals surface area contributed by atoms with Crippen LogP contribution in [-0.4, -0.2) is 148 Å². The molecule has 5 rings (SSSR count). The van der Waals surface area contributed by atoms with Crippen LogP contribution in [0.15, 0.2) is 40.7 Å². The number of β-lactam (4-membered cyclic amide) rings is 1. The molecular weight excluding hydrogens is 743 g/mol. The molecule has 53 heavy (non-hydrogen) atoms. The van der Waals surface area contributed by atoms with E-state index in [1.54, 1.807) is 14.0 Å². The summed E-state index contributed by atoms with van der Waals surface area (Å²) in [6, 6.07) is 0.105. The molecule has 3 aliphatic heterocycles. The number of fused-ring (bicyclic) bond motifs is 1. The fourth-order valence-electron chi connectivity index (χ4n) is 5.35. The molecule has 1 aromatic carbocycles. The van der Waals surface area contributed by atoms with Gasteiger partial charge < -0.3 is 36.2 Å². The van der Waals surface area contributed by atoms with E-state index in [0.717, 1.165) is 4.90 Å². The summed E-state index contributed by atoms with van der Waals surface area (Å²) in [5.74, 6) is -5.94. The Hall–Kier alpha value is -5.75. The van der Waals surface area contributed by atoms with E-state index in [2.05, 4.69) is 31.5 Å². The number of imide groups is 1. The lowest BCUT2D eigenvalue weighted by atomic mass is 10.0. The number of aliphatic carboxylic acids is 2. The number of nitrogens with one attached hydrogen (secondary N) is 3. The van der Waals surface area contributed by atoms with Crippen molar-refractivity contribution in [3.8, 4) is 0 Å². The number of piperazine rings is 1. The number of anilines is 1. The number of carboxylic acid groups (broad SMARTS) is 2. The van der Waals surface area contributed by atoms with Gasteiger partial charge in [-0.2, -0.15) is 0 Å². The van der Waals surface area contributed by atoms with Crippen LogP contribution in [0.3, 0.4) is 0 Å². The summed E-state index contributed by atoms with van der Waals surface area (Å²) in [7, 11) is 1.62. The molecule has 4 atom stereocenters. The van der Waals surface area contributed by atoms with Crippen molar-refractivity contribution in [2.75, 3.05) is 43.1 Å². The van der Waals surface area contributed by atoms with Gasteiger partial charge in [0.15, 0.2) is 0 Å². The van der Waals surface area contributed by atoms with Crippen LogP contribution in [0.25, 0.3) is 0 Å². The molecule has 2 saturated heterocycles. The summed E-state index contributed by atoms with van der Waals surface area (Å²) in [6.45, 7) is 1.23. The topological polar surface area (TPSA) is 302 Å². The van der Waals surface area contributed by atoms with Crippen molar-refractivity contribution in [3.05, 3.63) is 41.1 Å². The zero-order valence-electron chi connectivity index (χ0n) is 28.0. The number of tetrazole rings is 1. The lowest BCUT2D eigenvalue weighted by Gasteiger charge is -2.49. The van der Waals surface area contributed by atoms with E-state index in [9.17, 15) is 43.5 Å². The Labute approximate surface area is 307 Å². The molecule has 0 unspecified atom stereocenters. The van der Waals surface area contributed by atoms with Crippen LogP contribution in [0, 0.1) is 0 Å². The van der Waals surface area contributed by atoms with E-state index in [1.807, 2.05) is 0 Å². The molecule has 7 amide bonds. The number of benzene rings is 1. The van der Waals surface area contributed by atoms with E-state index in [4.69, 9.17) is 15.6 Å². The number of urea groups is 1. The van der Waals surface area contributed by atoms with E-state index in [-0.39, 0.29) is 48.1 Å². The molecule has 0 saturated carbocycles. The first-order valence-corrected chi connectivity index (χ1v) is 17.7. The molecule has 282 valence electrons. The molecule has 0 radical (unpaired) electrons. The summed E-state index contributed by atoms with van der Waals surface area (Å²) < 4.78 is 6.20. The number of hydrogen-bond donors (Lipinski definition) is 6. The fraction of sp³-hybridized carbons (Fsp3) is 0.414. The fourth-order valence-corrected chi connectivity index (χ4v) is 7.68. The number of rotatable bonds is 13. The third-order valence-corrected chi connectivity index (χ3v) is 10.6. The number of ether oxygens (including phenoxy) is 1. The second-order valence-electron chi connectivity index (χ2n) is 11.5. The smallest absolute Gasteiger partial charge is 0.411 e. The molecular formula is C29H33N11O11S2. The first kappa shape index (κ1) is 38.5. The first-order valence-electron chi connectivity index (χ1n) is 15.7. The van der Waals surface area contributed by atoms with Gasteiger partial charge in [0, 0.05) is 43.9 Å². The number of thioether (sulfide) groups is 2. The maximum Gasteiger partial charge on any atom is 0.411 e. The van der Waals surface area contributed by atoms with E-state index in [0.29, 0.717) is 15.6 Å². The van der Waals surface area contributed by atoms with Crippen molar-refractivity contribution >= 4 is 76.9 Å². The second kappa shape index (κ2) is 16.3. The third-order valence-electron chi connectivity index (χ3n) is 8.17. The number of aryl methyl sites for hydroxylation is 1. The SMILES string of the molecule is CCN1CCN(C(=O)N[C@H](C(=O)N[C@@H]2C(=O)N3C(C(=O)O)=C(CSc4nnnn4C)CS[C@H]23)c2ccc(NC(=O)OC[C@@H](N)C(=O)O)cc2)C(=O)C1=O. The highest BCUT2D eigenvalue weighted by atomic mass is 32.2. The van der Waals surface area contributed by atoms with Crippen molar-refractivity contribution in [2.24, 2.45) is 12.8 Å². The highest BCUT2D eigenvalue weighted by molar-refractivity contribution is 8.01. The van der Waals surface area contributed by atoms with Gasteiger partial charge in [-0.3, -0.25) is 39.1 Å². The molecule has 2 aromatic rings. The van der Waals surface area contributed by atoms with Gasteiger partial charge in [0.1, 0.15) is 35.8 Å². The van der Waals surface area contributed by atoms with Crippen molar-refractivity contribution in [3.63, 3.8) is 0 Å². The number of carbonyl (C=O) groups excluding carboxylic acids is 6. The molecule has 2 fully saturated rings. The number of carboxylic acids is 2. The number of likely N-dealkylation sites (N-methyl/N-ethyl adjacent to an activating group) is 1. The standard InChI is InChI=1S/C29H33N11O11S2/c1-3-38-8-9-39(23(44)22(38)43)27(49)33-17(13-4-6-15(7-5-13)31-29(50)51-10-16(30)25(45)46)20(41)32-18-21(42)40-19(26(47)48)14(11-52-24(18)40)12-53-28-34-35-36-37(28)2/h4-7,16-18,24H,3,8-12,30H2,1-2H3,(H,31,50)(H,32,41)(H,33,49)(H,45,46)(H,47,48)/t16-,17+,18-,24-/m1/s1. The van der Waals surface area contributed by atoms with Crippen LogP contribution in [-0.2, 0) is 40.6 Å². The summed E-state index contributed by atoms with van der Waals surface area (Å²) in [6.07, 6.45) is -1.02. The average Bonchev–Trinajstić information content (AvgIpc) is 3.55. The number of amides is 7. The second-order valence-corrected chi connectivity index (χ2v) is 13.6. The lowest BCUT2D eigenvalue weighted by molar-refractivity contribution is -0.153. The van der Waals surface area contributed by atoms with E-state index < -0.39 is 77.8 Å². The predicted octanol–water partition coefficient (Wildman–Crippen LogP) is -1.86. The van der Waals surface area contributed by atoms with Crippen molar-refractivity contribution in [2.45, 2.75) is 35.6 Å². The number of carbonyl (C=O) groups is 8. The van der Waals surface area contributed by atoms with Gasteiger partial charge in [-0.1, -0.05) is 23.9 Å². The van der Waals surface area contributed by atoms with Crippen LogP contribution in [0.1, 0.15) is 18.5 Å². The summed E-state index contributed by atoms with van der Waals surface area (Å²) >= 11 is 2.41. The van der Waals surface area contributed by atoms with Gasteiger partial charge in [-0.05, 0) is 40.6 Å². The molecule has 0 bridgehead atoms. The van der Waals surface area contributed by atoms with Crippen LogP contribution in [0.4, 0.5) is 15.3 Å². The van der Waals surface area contributed by atoms with Gasteiger partial charge in [0.25, 0.3) is 5.91 Å². The van der Waals surface area contributed by atoms with Crippen LogP contribution in [0.2, 0.25) is 0 Å². The monoisotopic (exact) mass is 775 g/mol. The lowest BCUT2D eigenvalue weighted by Crippen LogP contribution is -2.71. The molecule has 0 aliphatic carbocycles. The molecule has 1 aromatic heterocycles. The Morgan fingerprint density at radius 1 is 1.09 bits per heavy atom. The van der Waals surface area contributed by atoms with Crippen LogP contribution in [0.5, 0.6) is 0 Å². The predicted molar refractivity (Wildman–Crippen MR) is 181 cm³/mol. The van der Waals surface area contributed by atoms with Crippen molar-refractivity contribution in [1.82, 2.24) is 45.5 Å². The number of hydrogen-bond acceptors (Lipinski definition) is 15. The van der Waals surface area contributed by atoms with Gasteiger partial charge in [0.2, 0.25) is 11.1 Å². The normalized spacial score (nSPS) is 19.5. The Bertz CT molecular complexity index is 1870. The molecule has 24 heteroatoms. The largest absolute Gasteiger partial charge is 0.480 e. The minimum Gasteiger partial charge on any atom is -0.480 e. The maximum absolute atomic E-state index is 13.9. The van der Waals surface area contributed by atoms with Gasteiger partial charge in [-0.25, -0.2) is 19.1 Å².